The van der Waals surface area contributed by atoms with Crippen molar-refractivity contribution in [3.8, 4) is 5.75 Å². The van der Waals surface area contributed by atoms with Crippen LogP contribution in [0.3, 0.4) is 0 Å². The van der Waals surface area contributed by atoms with Crippen molar-refractivity contribution in [3.05, 3.63) is 28.6 Å². The molecule has 0 radical (unpaired) electrons. The van der Waals surface area contributed by atoms with Gasteiger partial charge in [0.2, 0.25) is 0 Å². The van der Waals surface area contributed by atoms with Crippen LogP contribution < -0.4 is 10.5 Å². The van der Waals surface area contributed by atoms with Crippen molar-refractivity contribution in [2.45, 2.75) is 6.54 Å². The Morgan fingerprint density at radius 3 is 2.83 bits per heavy atom. The molecule has 2 aromatic heterocycles. The van der Waals surface area contributed by atoms with Crippen LogP contribution in [0.4, 0.5) is 11.5 Å². The smallest absolute Gasteiger partial charge is 0.323 e. The second-order valence-electron chi connectivity index (χ2n) is 4.74. The van der Waals surface area contributed by atoms with E-state index in [1.807, 2.05) is 0 Å². The maximum absolute atomic E-state index is 11.2. The summed E-state index contributed by atoms with van der Waals surface area (Å²) in [4.78, 5) is 29.6. The third kappa shape index (κ3) is 2.16. The van der Waals surface area contributed by atoms with Crippen molar-refractivity contribution in [2.75, 3.05) is 12.8 Å². The molecule has 0 aliphatic carbocycles. The first-order valence-electron chi connectivity index (χ1n) is 6.40. The molecule has 1 aromatic carbocycles. The number of carbonyl (C=O) groups is 1. The Morgan fingerprint density at radius 1 is 1.48 bits per heavy atom. The Morgan fingerprint density at radius 2 is 2.22 bits per heavy atom. The topological polar surface area (TPSA) is 146 Å². The molecule has 10 heteroatoms. The lowest BCUT2D eigenvalue weighted by atomic mass is 10.1. The van der Waals surface area contributed by atoms with Crippen molar-refractivity contribution in [2.24, 2.45) is 0 Å². The number of carboxylic acid groups (broad SMARTS) is 1. The molecule has 23 heavy (non-hydrogen) atoms. The molecule has 0 aliphatic rings. The average Bonchev–Trinajstić information content (AvgIpc) is 2.81. The number of aliphatic carboxylic acids is 1. The number of benzene rings is 1. The molecule has 10 nitrogen and oxygen atoms in total. The molecule has 118 valence electrons. The summed E-state index contributed by atoms with van der Waals surface area (Å²) in [6.07, 6.45) is 1.20. The molecule has 3 N–H and O–H groups in total. The van der Waals surface area contributed by atoms with Crippen LogP contribution in [0.15, 0.2) is 18.5 Å². The number of rotatable bonds is 4. The van der Waals surface area contributed by atoms with Crippen LogP contribution in [-0.4, -0.2) is 37.6 Å². The van der Waals surface area contributed by atoms with E-state index in [1.54, 1.807) is 0 Å². The fourth-order valence-electron chi connectivity index (χ4n) is 2.57. The number of hydrogen-bond donors (Lipinski definition) is 2. The van der Waals surface area contributed by atoms with Gasteiger partial charge in [0.05, 0.1) is 29.0 Å². The van der Waals surface area contributed by atoms with Crippen molar-refractivity contribution >= 4 is 39.4 Å². The van der Waals surface area contributed by atoms with Gasteiger partial charge in [-0.1, -0.05) is 0 Å². The third-order valence-corrected chi connectivity index (χ3v) is 3.44. The average molecular weight is 317 g/mol. The first-order chi connectivity index (χ1) is 10.9. The van der Waals surface area contributed by atoms with E-state index < -0.39 is 17.4 Å². The van der Waals surface area contributed by atoms with E-state index in [4.69, 9.17) is 15.6 Å². The molecular weight excluding hydrogens is 306 g/mol. The molecule has 0 unspecified atom stereocenters. The zero-order valence-corrected chi connectivity index (χ0v) is 11.9. The molecule has 0 atom stereocenters. The van der Waals surface area contributed by atoms with Crippen LogP contribution in [0, 0.1) is 10.1 Å². The fourth-order valence-corrected chi connectivity index (χ4v) is 2.57. The quantitative estimate of drug-likeness (QED) is 0.538. The molecule has 3 rings (SSSR count). The summed E-state index contributed by atoms with van der Waals surface area (Å²) >= 11 is 0. The van der Waals surface area contributed by atoms with Gasteiger partial charge < -0.3 is 20.1 Å². The van der Waals surface area contributed by atoms with E-state index in [0.29, 0.717) is 16.3 Å². The number of fused-ring (bicyclic) bond motifs is 3. The van der Waals surface area contributed by atoms with Gasteiger partial charge in [0, 0.05) is 11.5 Å². The number of nitrogens with two attached hydrogens (primary N) is 1. The number of ether oxygens (including phenoxy) is 1. The molecule has 0 amide bonds. The highest BCUT2D eigenvalue weighted by molar-refractivity contribution is 6.14. The normalized spacial score (nSPS) is 11.0. The second kappa shape index (κ2) is 5.09. The number of nitro benzene ring substituents is 1. The lowest BCUT2D eigenvalue weighted by molar-refractivity contribution is -0.384. The van der Waals surface area contributed by atoms with Crippen molar-refractivity contribution in [3.63, 3.8) is 0 Å². The number of nitrogens with zero attached hydrogens (tertiary/aromatic N) is 4. The lowest BCUT2D eigenvalue weighted by Crippen LogP contribution is -2.09. The monoisotopic (exact) mass is 317 g/mol. The van der Waals surface area contributed by atoms with Crippen LogP contribution in [0.2, 0.25) is 0 Å². The van der Waals surface area contributed by atoms with Crippen molar-refractivity contribution in [1.29, 1.82) is 0 Å². The van der Waals surface area contributed by atoms with Gasteiger partial charge in [-0.2, -0.15) is 0 Å². The molecule has 0 spiro atoms. The van der Waals surface area contributed by atoms with Gasteiger partial charge in [-0.3, -0.25) is 14.9 Å². The van der Waals surface area contributed by atoms with Crippen LogP contribution in [0.25, 0.3) is 21.9 Å². The number of nitro groups is 1. The van der Waals surface area contributed by atoms with E-state index in [-0.39, 0.29) is 22.9 Å². The van der Waals surface area contributed by atoms with Gasteiger partial charge in [-0.05, 0) is 0 Å². The zero-order chi connectivity index (χ0) is 16.7. The number of methoxy groups -OCH3 is 1. The standard InChI is InChI=1S/C13H11N5O5/c1-23-8-3-6(18(21)22)2-7-10-12(14)15-5-16-13(10)17(11(7)8)4-9(19)20/h2-3,5H,4H2,1H3,(H,19,20)(H2,14,15,16). The van der Waals surface area contributed by atoms with E-state index >= 15 is 0 Å². The van der Waals surface area contributed by atoms with E-state index in [0.717, 1.165) is 0 Å². The minimum absolute atomic E-state index is 0.103. The predicted molar refractivity (Wildman–Crippen MR) is 80.3 cm³/mol. The minimum Gasteiger partial charge on any atom is -0.494 e. The number of anilines is 1. The van der Waals surface area contributed by atoms with Crippen LogP contribution in [-0.2, 0) is 11.3 Å². The molecule has 2 heterocycles. The predicted octanol–water partition coefficient (Wildman–Crippen LogP) is 1.17. The van der Waals surface area contributed by atoms with E-state index in [1.165, 1.54) is 30.1 Å². The van der Waals surface area contributed by atoms with E-state index in [9.17, 15) is 14.9 Å². The largest absolute Gasteiger partial charge is 0.494 e. The van der Waals surface area contributed by atoms with Crippen LogP contribution in [0.1, 0.15) is 0 Å². The van der Waals surface area contributed by atoms with Gasteiger partial charge in [0.1, 0.15) is 30.1 Å². The number of hydrogen-bond acceptors (Lipinski definition) is 7. The Labute approximate surface area is 128 Å². The van der Waals surface area contributed by atoms with E-state index in [2.05, 4.69) is 9.97 Å². The van der Waals surface area contributed by atoms with Gasteiger partial charge in [-0.15, -0.1) is 0 Å². The van der Waals surface area contributed by atoms with Crippen molar-refractivity contribution < 1.29 is 19.6 Å². The molecule has 3 aromatic rings. The zero-order valence-electron chi connectivity index (χ0n) is 11.9. The number of aromatic nitrogens is 3. The first kappa shape index (κ1) is 14.5. The molecule has 0 bridgehead atoms. The Balaban J connectivity index is 2.55. The lowest BCUT2D eigenvalue weighted by Gasteiger charge is -2.07. The molecule has 0 saturated carbocycles. The first-order valence-corrected chi connectivity index (χ1v) is 6.40. The highest BCUT2D eigenvalue weighted by Gasteiger charge is 2.23. The Kier molecular flexibility index (Phi) is 3.21. The highest BCUT2D eigenvalue weighted by atomic mass is 16.6. The summed E-state index contributed by atoms with van der Waals surface area (Å²) < 4.78 is 6.59. The number of carboxylic acids is 1. The number of nitrogen functional groups attached to an aromatic ring is 1. The molecule has 0 fully saturated rings. The van der Waals surface area contributed by atoms with Crippen LogP contribution >= 0.6 is 0 Å². The van der Waals surface area contributed by atoms with Crippen molar-refractivity contribution in [1.82, 2.24) is 14.5 Å². The van der Waals surface area contributed by atoms with Gasteiger partial charge >= 0.3 is 5.97 Å². The highest BCUT2D eigenvalue weighted by Crippen LogP contribution is 2.38. The summed E-state index contributed by atoms with van der Waals surface area (Å²) in [6.45, 7) is -0.398. The molecule has 0 saturated heterocycles. The molecular formula is C13H11N5O5. The Hall–Kier alpha value is -3.43. The number of non-ortho nitro benzene ring substituents is 1. The fraction of sp³-hybridized carbons (Fsp3) is 0.154. The second-order valence-corrected chi connectivity index (χ2v) is 4.74. The van der Waals surface area contributed by atoms with Gasteiger partial charge in [0.25, 0.3) is 5.69 Å². The van der Waals surface area contributed by atoms with Crippen LogP contribution in [0.5, 0.6) is 5.75 Å². The summed E-state index contributed by atoms with van der Waals surface area (Å²) in [5.74, 6) is -0.832. The maximum Gasteiger partial charge on any atom is 0.323 e. The maximum atomic E-state index is 11.2. The van der Waals surface area contributed by atoms with Gasteiger partial charge in [-0.25, -0.2) is 9.97 Å². The molecule has 0 aliphatic heterocycles. The minimum atomic E-state index is -1.10. The summed E-state index contributed by atoms with van der Waals surface area (Å²) in [5.41, 5.74) is 6.30. The SMILES string of the molecule is COc1cc([N+](=O)[O-])cc2c3c(N)ncnc3n(CC(=O)O)c12. The Bertz CT molecular complexity index is 964. The summed E-state index contributed by atoms with van der Waals surface area (Å²) in [6, 6.07) is 2.53. The third-order valence-electron chi connectivity index (χ3n) is 3.44. The summed E-state index contributed by atoms with van der Waals surface area (Å²) in [7, 11) is 1.34. The van der Waals surface area contributed by atoms with Gasteiger partial charge in [0.15, 0.2) is 0 Å². The summed E-state index contributed by atoms with van der Waals surface area (Å²) in [5, 5.41) is 21.0.